The lowest BCUT2D eigenvalue weighted by molar-refractivity contribution is -0.132. The van der Waals surface area contributed by atoms with Crippen molar-refractivity contribution in [2.24, 2.45) is 0 Å². The molecule has 24 heavy (non-hydrogen) atoms. The van der Waals surface area contributed by atoms with Crippen molar-refractivity contribution < 1.29 is 13.9 Å². The van der Waals surface area contributed by atoms with Gasteiger partial charge in [-0.05, 0) is 46.7 Å². The molecule has 0 radical (unpaired) electrons. The Hall–Kier alpha value is -2.88. The van der Waals surface area contributed by atoms with Gasteiger partial charge in [-0.1, -0.05) is 36.4 Å². The molecule has 0 heterocycles. The number of rotatable bonds is 5. The Labute approximate surface area is 140 Å². The number of ether oxygens (including phenoxy) is 1. The molecule has 3 aromatic carbocycles. The van der Waals surface area contributed by atoms with E-state index >= 15 is 0 Å². The van der Waals surface area contributed by atoms with E-state index in [4.69, 9.17) is 4.74 Å². The van der Waals surface area contributed by atoms with E-state index in [9.17, 15) is 9.18 Å². The Morgan fingerprint density at radius 3 is 2.46 bits per heavy atom. The zero-order chi connectivity index (χ0) is 16.9. The van der Waals surface area contributed by atoms with Crippen molar-refractivity contribution in [3.05, 3.63) is 78.1 Å². The van der Waals surface area contributed by atoms with Crippen molar-refractivity contribution in [1.82, 2.24) is 4.90 Å². The number of halogens is 1. The second-order valence-electron chi connectivity index (χ2n) is 5.67. The molecule has 0 spiro atoms. The molecule has 0 aliphatic heterocycles. The van der Waals surface area contributed by atoms with Crippen LogP contribution in [0.1, 0.15) is 5.56 Å². The Morgan fingerprint density at radius 2 is 1.71 bits per heavy atom. The van der Waals surface area contributed by atoms with Gasteiger partial charge in [0.05, 0.1) is 0 Å². The van der Waals surface area contributed by atoms with Crippen molar-refractivity contribution in [3.8, 4) is 5.75 Å². The van der Waals surface area contributed by atoms with Crippen LogP contribution < -0.4 is 4.74 Å². The van der Waals surface area contributed by atoms with E-state index in [1.807, 2.05) is 18.2 Å². The van der Waals surface area contributed by atoms with Crippen LogP contribution in [0.2, 0.25) is 0 Å². The van der Waals surface area contributed by atoms with Gasteiger partial charge in [0.25, 0.3) is 5.91 Å². The summed E-state index contributed by atoms with van der Waals surface area (Å²) >= 11 is 0. The van der Waals surface area contributed by atoms with Crippen molar-refractivity contribution in [1.29, 1.82) is 0 Å². The van der Waals surface area contributed by atoms with Gasteiger partial charge in [0.15, 0.2) is 6.61 Å². The third-order valence-corrected chi connectivity index (χ3v) is 3.84. The van der Waals surface area contributed by atoms with Gasteiger partial charge in [0.1, 0.15) is 11.6 Å². The number of carbonyl (C=O) groups excluding carboxylic acids is 1. The average molecular weight is 323 g/mol. The maximum absolute atomic E-state index is 12.8. The van der Waals surface area contributed by atoms with Crippen LogP contribution in [-0.4, -0.2) is 24.5 Å². The number of likely N-dealkylation sites (N-methyl/N-ethyl adjacent to an activating group) is 1. The molecule has 0 N–H and O–H groups in total. The van der Waals surface area contributed by atoms with Crippen molar-refractivity contribution in [2.75, 3.05) is 13.7 Å². The fourth-order valence-corrected chi connectivity index (χ4v) is 2.49. The van der Waals surface area contributed by atoms with Gasteiger partial charge in [0.2, 0.25) is 0 Å². The predicted octanol–water partition coefficient (Wildman–Crippen LogP) is 4.02. The van der Waals surface area contributed by atoms with E-state index in [1.54, 1.807) is 11.9 Å². The molecule has 4 heteroatoms. The minimum atomic E-state index is -0.331. The van der Waals surface area contributed by atoms with Gasteiger partial charge >= 0.3 is 0 Å². The number of nitrogens with zero attached hydrogens (tertiary/aromatic N) is 1. The molecule has 3 rings (SSSR count). The lowest BCUT2D eigenvalue weighted by Crippen LogP contribution is -2.30. The van der Waals surface area contributed by atoms with Gasteiger partial charge in [-0.15, -0.1) is 0 Å². The molecule has 0 unspecified atom stereocenters. The first-order valence-electron chi connectivity index (χ1n) is 7.72. The maximum Gasteiger partial charge on any atom is 0.260 e. The number of hydrogen-bond donors (Lipinski definition) is 0. The van der Waals surface area contributed by atoms with Gasteiger partial charge in [-0.25, -0.2) is 4.39 Å². The zero-order valence-electron chi connectivity index (χ0n) is 13.4. The number of benzene rings is 3. The van der Waals surface area contributed by atoms with Crippen LogP contribution >= 0.6 is 0 Å². The molecule has 0 bridgehead atoms. The molecule has 0 aliphatic carbocycles. The van der Waals surface area contributed by atoms with Crippen LogP contribution in [0.5, 0.6) is 5.75 Å². The Kier molecular flexibility index (Phi) is 4.75. The predicted molar refractivity (Wildman–Crippen MR) is 92.3 cm³/mol. The number of hydrogen-bond acceptors (Lipinski definition) is 2. The molecule has 122 valence electrons. The summed E-state index contributed by atoms with van der Waals surface area (Å²) < 4.78 is 18.2. The van der Waals surface area contributed by atoms with Crippen LogP contribution in [0.3, 0.4) is 0 Å². The summed E-state index contributed by atoms with van der Waals surface area (Å²) in [6, 6.07) is 19.9. The third-order valence-electron chi connectivity index (χ3n) is 3.84. The van der Waals surface area contributed by atoms with Crippen LogP contribution in [-0.2, 0) is 11.3 Å². The highest BCUT2D eigenvalue weighted by atomic mass is 19.1. The van der Waals surface area contributed by atoms with Crippen LogP contribution in [0.4, 0.5) is 4.39 Å². The van der Waals surface area contributed by atoms with Crippen LogP contribution in [0.25, 0.3) is 10.8 Å². The second kappa shape index (κ2) is 7.13. The lowest BCUT2D eigenvalue weighted by atomic mass is 10.1. The van der Waals surface area contributed by atoms with Crippen LogP contribution in [0.15, 0.2) is 66.7 Å². The first kappa shape index (κ1) is 16.0. The molecule has 0 aromatic heterocycles. The summed E-state index contributed by atoms with van der Waals surface area (Å²) in [5.74, 6) is 0.0124. The molecule has 0 aliphatic rings. The van der Waals surface area contributed by atoms with E-state index < -0.39 is 0 Å². The molecule has 0 saturated heterocycles. The normalized spacial score (nSPS) is 10.6. The fraction of sp³-hybridized carbons (Fsp3) is 0.150. The molecule has 3 aromatic rings. The quantitative estimate of drug-likeness (QED) is 0.710. The van der Waals surface area contributed by atoms with Gasteiger partial charge in [-0.3, -0.25) is 4.79 Å². The minimum Gasteiger partial charge on any atom is -0.484 e. The topological polar surface area (TPSA) is 29.5 Å². The number of amides is 1. The van der Waals surface area contributed by atoms with E-state index in [0.717, 1.165) is 10.9 Å². The van der Waals surface area contributed by atoms with Gasteiger partial charge < -0.3 is 9.64 Å². The SMILES string of the molecule is CN(Cc1ccc2ccccc2c1)C(=O)COc1ccc(F)cc1. The maximum atomic E-state index is 12.8. The summed E-state index contributed by atoms with van der Waals surface area (Å²) in [4.78, 5) is 13.8. The minimum absolute atomic E-state index is 0.0737. The Morgan fingerprint density at radius 1 is 1.00 bits per heavy atom. The van der Waals surface area contributed by atoms with Crippen molar-refractivity contribution >= 4 is 16.7 Å². The van der Waals surface area contributed by atoms with Crippen molar-refractivity contribution in [2.45, 2.75) is 6.54 Å². The Bertz CT molecular complexity index is 846. The molecule has 1 amide bonds. The summed E-state index contributed by atoms with van der Waals surface area (Å²) in [6.07, 6.45) is 0. The smallest absolute Gasteiger partial charge is 0.260 e. The molecular formula is C20H18FNO2. The average Bonchev–Trinajstić information content (AvgIpc) is 2.61. The highest BCUT2D eigenvalue weighted by molar-refractivity contribution is 5.83. The number of fused-ring (bicyclic) bond motifs is 1. The van der Waals surface area contributed by atoms with E-state index in [1.165, 1.54) is 29.7 Å². The second-order valence-corrected chi connectivity index (χ2v) is 5.67. The summed E-state index contributed by atoms with van der Waals surface area (Å²) in [5, 5.41) is 2.33. The summed E-state index contributed by atoms with van der Waals surface area (Å²) in [6.45, 7) is 0.437. The molecule has 0 atom stereocenters. The molecule has 0 saturated carbocycles. The summed E-state index contributed by atoms with van der Waals surface area (Å²) in [5.41, 5.74) is 1.06. The van der Waals surface area contributed by atoms with Crippen molar-refractivity contribution in [3.63, 3.8) is 0 Å². The highest BCUT2D eigenvalue weighted by Gasteiger charge is 2.10. The zero-order valence-corrected chi connectivity index (χ0v) is 13.4. The standard InChI is InChI=1S/C20H18FNO2/c1-22(20(23)14-24-19-10-8-18(21)9-11-19)13-15-6-7-16-4-2-3-5-17(16)12-15/h2-12H,13-14H2,1H3. The van der Waals surface area contributed by atoms with Crippen LogP contribution in [0, 0.1) is 5.82 Å². The monoisotopic (exact) mass is 323 g/mol. The van der Waals surface area contributed by atoms with E-state index in [-0.39, 0.29) is 18.3 Å². The first-order valence-corrected chi connectivity index (χ1v) is 7.72. The summed E-state index contributed by atoms with van der Waals surface area (Å²) in [7, 11) is 1.74. The van der Waals surface area contributed by atoms with Gasteiger partial charge in [-0.2, -0.15) is 0 Å². The van der Waals surface area contributed by atoms with E-state index in [0.29, 0.717) is 12.3 Å². The largest absolute Gasteiger partial charge is 0.484 e. The van der Waals surface area contributed by atoms with Gasteiger partial charge in [0, 0.05) is 13.6 Å². The lowest BCUT2D eigenvalue weighted by Gasteiger charge is -2.18. The first-order chi connectivity index (χ1) is 11.6. The number of carbonyl (C=O) groups is 1. The highest BCUT2D eigenvalue weighted by Crippen LogP contribution is 2.17. The molecule has 0 fully saturated rings. The molecule has 3 nitrogen and oxygen atoms in total. The Balaban J connectivity index is 1.59. The third kappa shape index (κ3) is 3.90. The molecular weight excluding hydrogens is 305 g/mol. The fourth-order valence-electron chi connectivity index (χ4n) is 2.49. The van der Waals surface area contributed by atoms with E-state index in [2.05, 4.69) is 24.3 Å².